The van der Waals surface area contributed by atoms with Crippen molar-refractivity contribution in [3.05, 3.63) is 30.1 Å². The third-order valence-electron chi connectivity index (χ3n) is 2.67. The van der Waals surface area contributed by atoms with E-state index in [0.29, 0.717) is 12.4 Å². The molecule has 104 valence electrons. The molecule has 0 aromatic carbocycles. The van der Waals surface area contributed by atoms with Gasteiger partial charge >= 0.3 is 0 Å². The average molecular weight is 283 g/mol. The van der Waals surface area contributed by atoms with E-state index in [4.69, 9.17) is 5.73 Å². The van der Waals surface area contributed by atoms with Gasteiger partial charge in [0.05, 0.1) is 6.20 Å². The normalized spacial score (nSPS) is 11.2. The molecule has 0 bridgehead atoms. The number of nitrogens with zero attached hydrogens (tertiary/aromatic N) is 2. The number of nitrogens with one attached hydrogen (secondary N) is 1. The summed E-state index contributed by atoms with van der Waals surface area (Å²) < 4.78 is 1.86. The van der Waals surface area contributed by atoms with Crippen LogP contribution < -0.4 is 11.1 Å². The largest absolute Gasteiger partial charge is 0.326 e. The van der Waals surface area contributed by atoms with Gasteiger partial charge in [-0.05, 0) is 11.6 Å². The Labute approximate surface area is 118 Å². The minimum atomic E-state index is -0.432. The molecule has 0 aliphatic rings. The van der Waals surface area contributed by atoms with Gasteiger partial charge in [0.25, 0.3) is 0 Å². The molecule has 1 amide bonds. The summed E-state index contributed by atoms with van der Waals surface area (Å²) in [5.74, 6) is 0.508. The fraction of sp³-hybridized carbons (Fsp3) is 0.385. The lowest BCUT2D eigenvalue weighted by Gasteiger charge is -2.16. The molecular weight excluding hydrogens is 264 g/mol. The highest BCUT2D eigenvalue weighted by atomic mass is 35.5. The van der Waals surface area contributed by atoms with E-state index < -0.39 is 5.41 Å². The second kappa shape index (κ2) is 5.59. The predicted octanol–water partition coefficient (Wildman–Crippen LogP) is 2.20. The lowest BCUT2D eigenvalue weighted by molar-refractivity contribution is -0.123. The van der Waals surface area contributed by atoms with Gasteiger partial charge in [0.15, 0.2) is 5.82 Å². The summed E-state index contributed by atoms with van der Waals surface area (Å²) in [4.78, 5) is 16.2. The van der Waals surface area contributed by atoms with E-state index in [0.717, 1.165) is 11.2 Å². The van der Waals surface area contributed by atoms with Crippen molar-refractivity contribution in [1.29, 1.82) is 0 Å². The summed E-state index contributed by atoms with van der Waals surface area (Å²) in [5.41, 5.74) is 6.96. The lowest BCUT2D eigenvalue weighted by atomic mass is 9.96. The van der Waals surface area contributed by atoms with E-state index in [1.54, 1.807) is 6.20 Å². The third kappa shape index (κ3) is 3.45. The molecule has 0 radical (unpaired) electrons. The van der Waals surface area contributed by atoms with Gasteiger partial charge in [-0.15, -0.1) is 12.4 Å². The molecule has 0 atom stereocenters. The highest BCUT2D eigenvalue weighted by Gasteiger charge is 2.21. The molecule has 0 saturated heterocycles. The molecular formula is C13H19ClN4O. The number of aromatic nitrogens is 2. The number of carbonyl (C=O) groups excluding carboxylic acids is 1. The van der Waals surface area contributed by atoms with Crippen LogP contribution in [0.5, 0.6) is 0 Å². The molecule has 2 heterocycles. The number of halogens is 1. The van der Waals surface area contributed by atoms with Crippen LogP contribution in [0.2, 0.25) is 0 Å². The summed E-state index contributed by atoms with van der Waals surface area (Å²) in [7, 11) is 0. The number of carbonyl (C=O) groups is 1. The summed E-state index contributed by atoms with van der Waals surface area (Å²) >= 11 is 0. The van der Waals surface area contributed by atoms with E-state index in [1.807, 2.05) is 43.5 Å². The molecule has 2 aromatic rings. The molecule has 3 N–H and O–H groups in total. The molecule has 0 fully saturated rings. The zero-order chi connectivity index (χ0) is 13.3. The maximum absolute atomic E-state index is 11.9. The Morgan fingerprint density at radius 3 is 2.63 bits per heavy atom. The van der Waals surface area contributed by atoms with E-state index >= 15 is 0 Å². The molecule has 0 saturated carbocycles. The zero-order valence-corrected chi connectivity index (χ0v) is 12.1. The molecule has 2 aromatic heterocycles. The first-order chi connectivity index (χ1) is 8.40. The van der Waals surface area contributed by atoms with Crippen molar-refractivity contribution in [2.75, 3.05) is 5.32 Å². The molecule has 0 aliphatic heterocycles. The fourth-order valence-corrected chi connectivity index (χ4v) is 1.52. The van der Waals surface area contributed by atoms with E-state index in [1.165, 1.54) is 0 Å². The van der Waals surface area contributed by atoms with Crippen molar-refractivity contribution in [2.24, 2.45) is 11.1 Å². The maximum Gasteiger partial charge on any atom is 0.230 e. The van der Waals surface area contributed by atoms with Gasteiger partial charge in [0.1, 0.15) is 5.65 Å². The van der Waals surface area contributed by atoms with Crippen LogP contribution in [-0.4, -0.2) is 15.3 Å². The van der Waals surface area contributed by atoms with Gasteiger partial charge in [-0.1, -0.05) is 26.8 Å². The van der Waals surface area contributed by atoms with Crippen LogP contribution in [0.25, 0.3) is 5.65 Å². The van der Waals surface area contributed by atoms with Crippen LogP contribution in [-0.2, 0) is 11.3 Å². The van der Waals surface area contributed by atoms with E-state index in [2.05, 4.69) is 10.3 Å². The molecule has 0 aliphatic carbocycles. The van der Waals surface area contributed by atoms with Crippen molar-refractivity contribution in [3.63, 3.8) is 0 Å². The van der Waals surface area contributed by atoms with Gasteiger partial charge in [0.2, 0.25) is 5.91 Å². The third-order valence-corrected chi connectivity index (χ3v) is 2.67. The minimum Gasteiger partial charge on any atom is -0.326 e. The van der Waals surface area contributed by atoms with Crippen LogP contribution in [0.1, 0.15) is 26.3 Å². The first kappa shape index (κ1) is 15.5. The molecule has 0 spiro atoms. The number of amides is 1. The van der Waals surface area contributed by atoms with Crippen LogP contribution in [0.15, 0.2) is 24.5 Å². The van der Waals surface area contributed by atoms with Gasteiger partial charge < -0.3 is 15.5 Å². The summed E-state index contributed by atoms with van der Waals surface area (Å²) in [6, 6.07) is 3.81. The fourth-order valence-electron chi connectivity index (χ4n) is 1.52. The van der Waals surface area contributed by atoms with Crippen LogP contribution in [0.4, 0.5) is 5.82 Å². The Bertz CT molecular complexity index is 586. The number of nitrogens with two attached hydrogens (primary N) is 1. The van der Waals surface area contributed by atoms with Gasteiger partial charge in [-0.3, -0.25) is 4.79 Å². The van der Waals surface area contributed by atoms with Crippen LogP contribution in [0.3, 0.4) is 0 Å². The smallest absolute Gasteiger partial charge is 0.230 e. The SMILES string of the molecule is CC(C)(C)C(=O)Nc1cn2cc(CN)ccc2n1.Cl. The molecule has 6 heteroatoms. The highest BCUT2D eigenvalue weighted by Crippen LogP contribution is 2.17. The number of imidazole rings is 1. The quantitative estimate of drug-likeness (QED) is 0.887. The second-order valence-electron chi connectivity index (χ2n) is 5.34. The van der Waals surface area contributed by atoms with Crippen molar-refractivity contribution >= 4 is 29.8 Å². The monoisotopic (exact) mass is 282 g/mol. The maximum atomic E-state index is 11.9. The molecule has 5 nitrogen and oxygen atoms in total. The average Bonchev–Trinajstić information content (AvgIpc) is 2.68. The number of anilines is 1. The number of rotatable bonds is 2. The number of fused-ring (bicyclic) bond motifs is 1. The topological polar surface area (TPSA) is 72.4 Å². The first-order valence-corrected chi connectivity index (χ1v) is 5.89. The Morgan fingerprint density at radius 2 is 2.05 bits per heavy atom. The molecule has 19 heavy (non-hydrogen) atoms. The number of hydrogen-bond acceptors (Lipinski definition) is 3. The number of pyridine rings is 1. The standard InChI is InChI=1S/C13H18N4O.ClH/c1-13(2,3)12(18)16-10-8-17-7-9(6-14)4-5-11(17)15-10;/h4-5,7-8H,6,14H2,1-3H3,(H,16,18);1H. The summed E-state index contributed by atoms with van der Waals surface area (Å²) in [5, 5.41) is 2.81. The number of hydrogen-bond donors (Lipinski definition) is 2. The Kier molecular flexibility index (Phi) is 4.55. The minimum absolute atomic E-state index is 0. The van der Waals surface area contributed by atoms with E-state index in [9.17, 15) is 4.79 Å². The predicted molar refractivity (Wildman–Crippen MR) is 78.4 cm³/mol. The highest BCUT2D eigenvalue weighted by molar-refractivity contribution is 5.93. The zero-order valence-electron chi connectivity index (χ0n) is 11.3. The van der Waals surface area contributed by atoms with Crippen LogP contribution in [0, 0.1) is 5.41 Å². The second-order valence-corrected chi connectivity index (χ2v) is 5.34. The molecule has 2 rings (SSSR count). The van der Waals surface area contributed by atoms with Gasteiger partial charge in [-0.2, -0.15) is 0 Å². The van der Waals surface area contributed by atoms with Crippen molar-refractivity contribution in [3.8, 4) is 0 Å². The summed E-state index contributed by atoms with van der Waals surface area (Å²) in [6.07, 6.45) is 3.70. The van der Waals surface area contributed by atoms with E-state index in [-0.39, 0.29) is 18.3 Å². The van der Waals surface area contributed by atoms with Crippen molar-refractivity contribution in [2.45, 2.75) is 27.3 Å². The van der Waals surface area contributed by atoms with Crippen molar-refractivity contribution < 1.29 is 4.79 Å². The van der Waals surface area contributed by atoms with Crippen LogP contribution >= 0.6 is 12.4 Å². The lowest BCUT2D eigenvalue weighted by Crippen LogP contribution is -2.27. The first-order valence-electron chi connectivity index (χ1n) is 5.89. The summed E-state index contributed by atoms with van der Waals surface area (Å²) in [6.45, 7) is 6.08. The van der Waals surface area contributed by atoms with Gasteiger partial charge in [0, 0.05) is 18.2 Å². The molecule has 0 unspecified atom stereocenters. The Morgan fingerprint density at radius 1 is 1.37 bits per heavy atom. The Balaban J connectivity index is 0.00000180. The Hall–Kier alpha value is -1.59. The van der Waals surface area contributed by atoms with Gasteiger partial charge in [-0.25, -0.2) is 4.98 Å². The van der Waals surface area contributed by atoms with Crippen molar-refractivity contribution in [1.82, 2.24) is 9.38 Å².